The third-order valence-electron chi connectivity index (χ3n) is 3.83. The van der Waals surface area contributed by atoms with E-state index in [0.29, 0.717) is 12.3 Å². The predicted molar refractivity (Wildman–Crippen MR) is 93.4 cm³/mol. The van der Waals surface area contributed by atoms with Gasteiger partial charge in [0, 0.05) is 13.1 Å². The van der Waals surface area contributed by atoms with Crippen molar-refractivity contribution in [2.75, 3.05) is 26.3 Å². The van der Waals surface area contributed by atoms with Gasteiger partial charge >= 0.3 is 12.0 Å². The van der Waals surface area contributed by atoms with Crippen molar-refractivity contribution >= 4 is 17.9 Å². The molecular weight excluding hydrogens is 336 g/mol. The Morgan fingerprint density at radius 3 is 2.31 bits per heavy atom. The molecule has 0 bridgehead atoms. The summed E-state index contributed by atoms with van der Waals surface area (Å²) in [6.07, 6.45) is 0. The molecule has 3 amide bonds. The maximum atomic E-state index is 11.8. The van der Waals surface area contributed by atoms with Crippen molar-refractivity contribution in [1.29, 1.82) is 0 Å². The number of ether oxygens (including phenoxy) is 2. The molecule has 3 rings (SSSR count). The van der Waals surface area contributed by atoms with Gasteiger partial charge in [0.2, 0.25) is 0 Å². The zero-order valence-electron chi connectivity index (χ0n) is 14.0. The van der Waals surface area contributed by atoms with Gasteiger partial charge < -0.3 is 14.8 Å². The number of imide groups is 1. The molecule has 1 heterocycles. The molecule has 1 aliphatic heterocycles. The van der Waals surface area contributed by atoms with E-state index in [1.54, 1.807) is 12.1 Å². The number of hydrogen-bond acceptors (Lipinski definition) is 5. The standard InChI is InChI=1S/C19H18N2O5/c22-17(21-11-10-20-19(21)24)12-26-18(23)13-25-16-8-6-15(7-9-16)14-4-2-1-3-5-14/h1-9H,10-13H2,(H,20,24). The Morgan fingerprint density at radius 1 is 0.962 bits per heavy atom. The Bertz CT molecular complexity index is 789. The monoisotopic (exact) mass is 354 g/mol. The molecule has 1 fully saturated rings. The number of nitrogens with one attached hydrogen (secondary N) is 1. The summed E-state index contributed by atoms with van der Waals surface area (Å²) in [5, 5.41) is 2.50. The Balaban J connectivity index is 1.44. The number of nitrogens with zero attached hydrogens (tertiary/aromatic N) is 1. The number of rotatable bonds is 6. The van der Waals surface area contributed by atoms with Crippen LogP contribution < -0.4 is 10.1 Å². The maximum absolute atomic E-state index is 11.8. The van der Waals surface area contributed by atoms with Crippen LogP contribution in [-0.2, 0) is 14.3 Å². The van der Waals surface area contributed by atoms with Crippen molar-refractivity contribution < 1.29 is 23.9 Å². The maximum Gasteiger partial charge on any atom is 0.344 e. The molecule has 0 atom stereocenters. The molecule has 0 radical (unpaired) electrons. The fourth-order valence-electron chi connectivity index (χ4n) is 2.49. The van der Waals surface area contributed by atoms with Crippen LogP contribution in [0.4, 0.5) is 4.79 Å². The molecule has 7 heteroatoms. The number of urea groups is 1. The SMILES string of the molecule is O=C(COc1ccc(-c2ccccc2)cc1)OCC(=O)N1CCNC1=O. The van der Waals surface area contributed by atoms with Gasteiger partial charge in [-0.15, -0.1) is 0 Å². The molecule has 0 aliphatic carbocycles. The van der Waals surface area contributed by atoms with Crippen molar-refractivity contribution in [3.8, 4) is 16.9 Å². The van der Waals surface area contributed by atoms with Crippen LogP contribution in [0.1, 0.15) is 0 Å². The molecule has 0 saturated carbocycles. The Kier molecular flexibility index (Phi) is 5.48. The normalized spacial score (nSPS) is 13.2. The molecule has 1 aliphatic rings. The van der Waals surface area contributed by atoms with E-state index in [9.17, 15) is 14.4 Å². The van der Waals surface area contributed by atoms with E-state index < -0.39 is 24.5 Å². The smallest absolute Gasteiger partial charge is 0.344 e. The molecule has 1 N–H and O–H groups in total. The fourth-order valence-corrected chi connectivity index (χ4v) is 2.49. The van der Waals surface area contributed by atoms with Crippen molar-refractivity contribution in [3.63, 3.8) is 0 Å². The van der Waals surface area contributed by atoms with Gasteiger partial charge in [-0.05, 0) is 23.3 Å². The molecule has 2 aromatic carbocycles. The van der Waals surface area contributed by atoms with Crippen LogP contribution >= 0.6 is 0 Å². The summed E-state index contributed by atoms with van der Waals surface area (Å²) in [5.41, 5.74) is 2.12. The van der Waals surface area contributed by atoms with Crippen molar-refractivity contribution in [2.24, 2.45) is 0 Å². The van der Waals surface area contributed by atoms with Crippen LogP contribution in [0.25, 0.3) is 11.1 Å². The summed E-state index contributed by atoms with van der Waals surface area (Å²) in [7, 11) is 0. The van der Waals surface area contributed by atoms with Gasteiger partial charge in [0.25, 0.3) is 5.91 Å². The van der Waals surface area contributed by atoms with Gasteiger partial charge in [0.1, 0.15) is 5.75 Å². The molecule has 1 saturated heterocycles. The fraction of sp³-hybridized carbons (Fsp3) is 0.211. The third-order valence-corrected chi connectivity index (χ3v) is 3.83. The van der Waals surface area contributed by atoms with E-state index in [-0.39, 0.29) is 13.2 Å². The Labute approximate surface area is 150 Å². The molecule has 134 valence electrons. The Morgan fingerprint density at radius 2 is 1.65 bits per heavy atom. The van der Waals surface area contributed by atoms with E-state index in [1.807, 2.05) is 42.5 Å². The quantitative estimate of drug-likeness (QED) is 0.800. The van der Waals surface area contributed by atoms with Crippen LogP contribution in [0, 0.1) is 0 Å². The summed E-state index contributed by atoms with van der Waals surface area (Å²) in [6.45, 7) is -0.118. The summed E-state index contributed by atoms with van der Waals surface area (Å²) in [5.74, 6) is -0.711. The van der Waals surface area contributed by atoms with E-state index in [0.717, 1.165) is 16.0 Å². The molecule has 26 heavy (non-hydrogen) atoms. The van der Waals surface area contributed by atoms with Gasteiger partial charge in [-0.25, -0.2) is 9.59 Å². The minimum Gasteiger partial charge on any atom is -0.482 e. The van der Waals surface area contributed by atoms with Crippen LogP contribution in [0.5, 0.6) is 5.75 Å². The molecular formula is C19H18N2O5. The average molecular weight is 354 g/mol. The first-order chi connectivity index (χ1) is 12.6. The highest BCUT2D eigenvalue weighted by Gasteiger charge is 2.26. The second kappa shape index (κ2) is 8.15. The minimum absolute atomic E-state index is 0.277. The highest BCUT2D eigenvalue weighted by Crippen LogP contribution is 2.21. The van der Waals surface area contributed by atoms with E-state index in [1.165, 1.54) is 0 Å². The van der Waals surface area contributed by atoms with Gasteiger partial charge in [-0.3, -0.25) is 9.69 Å². The highest BCUT2D eigenvalue weighted by atomic mass is 16.6. The van der Waals surface area contributed by atoms with Gasteiger partial charge in [0.15, 0.2) is 13.2 Å². The summed E-state index contributed by atoms with van der Waals surface area (Å²) >= 11 is 0. The Hall–Kier alpha value is -3.35. The lowest BCUT2D eigenvalue weighted by atomic mass is 10.1. The number of carbonyl (C=O) groups excluding carboxylic acids is 3. The minimum atomic E-state index is -0.676. The van der Waals surface area contributed by atoms with E-state index >= 15 is 0 Å². The van der Waals surface area contributed by atoms with Crippen molar-refractivity contribution in [3.05, 3.63) is 54.6 Å². The molecule has 0 unspecified atom stereocenters. The first-order valence-corrected chi connectivity index (χ1v) is 8.15. The number of hydrogen-bond donors (Lipinski definition) is 1. The summed E-state index contributed by atoms with van der Waals surface area (Å²) in [6, 6.07) is 16.7. The second-order valence-electron chi connectivity index (χ2n) is 5.62. The summed E-state index contributed by atoms with van der Waals surface area (Å²) < 4.78 is 10.2. The number of amides is 3. The topological polar surface area (TPSA) is 84.9 Å². The van der Waals surface area contributed by atoms with Gasteiger partial charge in [-0.2, -0.15) is 0 Å². The predicted octanol–water partition coefficient (Wildman–Crippen LogP) is 1.83. The van der Waals surface area contributed by atoms with E-state index in [2.05, 4.69) is 5.32 Å². The zero-order valence-corrected chi connectivity index (χ0v) is 14.0. The lowest BCUT2D eigenvalue weighted by Gasteiger charge is -2.12. The first-order valence-electron chi connectivity index (χ1n) is 8.15. The van der Waals surface area contributed by atoms with Crippen LogP contribution in [0.2, 0.25) is 0 Å². The van der Waals surface area contributed by atoms with Crippen LogP contribution in [0.15, 0.2) is 54.6 Å². The first kappa shape index (κ1) is 17.5. The third kappa shape index (κ3) is 4.38. The zero-order chi connectivity index (χ0) is 18.4. The highest BCUT2D eigenvalue weighted by molar-refractivity contribution is 5.96. The largest absolute Gasteiger partial charge is 0.482 e. The number of carbonyl (C=O) groups is 3. The van der Waals surface area contributed by atoms with Crippen molar-refractivity contribution in [1.82, 2.24) is 10.2 Å². The number of benzene rings is 2. The summed E-state index contributed by atoms with van der Waals surface area (Å²) in [4.78, 5) is 35.8. The van der Waals surface area contributed by atoms with Gasteiger partial charge in [0.05, 0.1) is 0 Å². The van der Waals surface area contributed by atoms with Crippen molar-refractivity contribution in [2.45, 2.75) is 0 Å². The molecule has 0 spiro atoms. The van der Waals surface area contributed by atoms with Crippen LogP contribution in [0.3, 0.4) is 0 Å². The lowest BCUT2D eigenvalue weighted by molar-refractivity contribution is -0.152. The second-order valence-corrected chi connectivity index (χ2v) is 5.62. The van der Waals surface area contributed by atoms with Crippen LogP contribution in [-0.4, -0.2) is 49.1 Å². The average Bonchev–Trinajstić information content (AvgIpc) is 3.11. The molecule has 7 nitrogen and oxygen atoms in total. The van der Waals surface area contributed by atoms with Gasteiger partial charge in [-0.1, -0.05) is 42.5 Å². The molecule has 0 aromatic heterocycles. The molecule has 2 aromatic rings. The lowest BCUT2D eigenvalue weighted by Crippen LogP contribution is -2.37. The number of esters is 1. The van der Waals surface area contributed by atoms with E-state index in [4.69, 9.17) is 9.47 Å².